The van der Waals surface area contributed by atoms with Crippen molar-refractivity contribution in [3.05, 3.63) is 71.8 Å². The molecule has 4 heteroatoms. The average Bonchev–Trinajstić information content (AvgIpc) is 2.56. The van der Waals surface area contributed by atoms with Gasteiger partial charge in [0.2, 0.25) is 0 Å². The van der Waals surface area contributed by atoms with E-state index in [-0.39, 0.29) is 6.61 Å². The van der Waals surface area contributed by atoms with E-state index >= 15 is 0 Å². The summed E-state index contributed by atoms with van der Waals surface area (Å²) in [5.41, 5.74) is 2.04. The molecular weight excluding hydrogens is 292 g/mol. The van der Waals surface area contributed by atoms with Gasteiger partial charge in [-0.25, -0.2) is 0 Å². The lowest BCUT2D eigenvalue weighted by Gasteiger charge is -2.25. The van der Waals surface area contributed by atoms with Crippen LogP contribution in [0.25, 0.3) is 0 Å². The van der Waals surface area contributed by atoms with Gasteiger partial charge in [-0.1, -0.05) is 60.7 Å². The highest BCUT2D eigenvalue weighted by molar-refractivity contribution is 5.14. The zero-order valence-electron chi connectivity index (χ0n) is 13.3. The van der Waals surface area contributed by atoms with E-state index in [4.69, 9.17) is 9.47 Å². The summed E-state index contributed by atoms with van der Waals surface area (Å²) in [7, 11) is 0. The summed E-state index contributed by atoms with van der Waals surface area (Å²) >= 11 is 0. The van der Waals surface area contributed by atoms with Gasteiger partial charge in [0, 0.05) is 0 Å². The van der Waals surface area contributed by atoms with Crippen LogP contribution in [0.2, 0.25) is 0 Å². The average molecular weight is 316 g/mol. The number of aliphatic hydroxyl groups excluding tert-OH is 2. The number of hydrogen-bond donors (Lipinski definition) is 2. The second kappa shape index (κ2) is 9.43. The Balaban J connectivity index is 1.79. The molecule has 0 aliphatic carbocycles. The molecule has 0 saturated heterocycles. The number of aliphatic hydroxyl groups is 2. The van der Waals surface area contributed by atoms with E-state index in [9.17, 15) is 10.2 Å². The molecule has 3 atom stereocenters. The van der Waals surface area contributed by atoms with Crippen molar-refractivity contribution in [3.63, 3.8) is 0 Å². The predicted octanol–water partition coefficient (Wildman–Crippen LogP) is 2.53. The number of benzene rings is 2. The summed E-state index contributed by atoms with van der Waals surface area (Å²) in [6.45, 7) is 2.48. The van der Waals surface area contributed by atoms with Gasteiger partial charge in [-0.2, -0.15) is 0 Å². The lowest BCUT2D eigenvalue weighted by atomic mass is 10.1. The molecule has 0 radical (unpaired) electrons. The fraction of sp³-hybridized carbons (Fsp3) is 0.368. The van der Waals surface area contributed by atoms with E-state index < -0.39 is 18.3 Å². The third-order valence-electron chi connectivity index (χ3n) is 3.54. The molecular formula is C19H24O4. The minimum atomic E-state index is -0.887. The molecule has 0 heterocycles. The molecule has 124 valence electrons. The van der Waals surface area contributed by atoms with Crippen molar-refractivity contribution >= 4 is 0 Å². The van der Waals surface area contributed by atoms with Crippen LogP contribution in [-0.4, -0.2) is 35.1 Å². The Hall–Kier alpha value is -1.72. The Morgan fingerprint density at radius 2 is 1.35 bits per heavy atom. The van der Waals surface area contributed by atoms with Gasteiger partial charge in [0.15, 0.2) is 0 Å². The highest BCUT2D eigenvalue weighted by atomic mass is 16.5. The van der Waals surface area contributed by atoms with Crippen LogP contribution < -0.4 is 0 Å². The minimum absolute atomic E-state index is 0.110. The third kappa shape index (κ3) is 6.12. The highest BCUT2D eigenvalue weighted by Gasteiger charge is 2.25. The molecule has 23 heavy (non-hydrogen) atoms. The maximum Gasteiger partial charge on any atom is 0.112 e. The van der Waals surface area contributed by atoms with Crippen molar-refractivity contribution in [1.82, 2.24) is 0 Å². The topological polar surface area (TPSA) is 58.9 Å². The monoisotopic (exact) mass is 316 g/mol. The first-order chi connectivity index (χ1) is 11.2. The molecule has 0 unspecified atom stereocenters. The molecule has 0 amide bonds. The molecule has 0 aromatic heterocycles. The number of rotatable bonds is 9. The summed E-state index contributed by atoms with van der Waals surface area (Å²) in [6, 6.07) is 19.4. The van der Waals surface area contributed by atoms with Gasteiger partial charge in [0.25, 0.3) is 0 Å². The second-order valence-electron chi connectivity index (χ2n) is 5.57. The van der Waals surface area contributed by atoms with Crippen LogP contribution in [0.1, 0.15) is 18.1 Å². The van der Waals surface area contributed by atoms with Crippen LogP contribution in [0.15, 0.2) is 60.7 Å². The first-order valence-corrected chi connectivity index (χ1v) is 7.80. The zero-order valence-corrected chi connectivity index (χ0v) is 13.3. The standard InChI is InChI=1S/C19H24O4/c1-15(20)19(23-13-17-10-6-3-7-11-17)18(21)14-22-12-16-8-4-2-5-9-16/h2-11,15,18-21H,12-14H2,1H3/t15-,18-,19-/m1/s1. The van der Waals surface area contributed by atoms with Gasteiger partial charge in [-0.05, 0) is 18.1 Å². The SMILES string of the molecule is C[C@@H](O)[C@@H](OCc1ccccc1)[C@H](O)COCc1ccccc1. The van der Waals surface area contributed by atoms with Crippen molar-refractivity contribution < 1.29 is 19.7 Å². The largest absolute Gasteiger partial charge is 0.391 e. The van der Waals surface area contributed by atoms with Crippen LogP contribution in [0.3, 0.4) is 0 Å². The molecule has 0 bridgehead atoms. The van der Waals surface area contributed by atoms with Gasteiger partial charge in [-0.3, -0.25) is 0 Å². The van der Waals surface area contributed by atoms with Crippen molar-refractivity contribution in [2.24, 2.45) is 0 Å². The predicted molar refractivity (Wildman–Crippen MR) is 88.8 cm³/mol. The van der Waals surface area contributed by atoms with Gasteiger partial charge in [0.1, 0.15) is 12.2 Å². The summed E-state index contributed by atoms with van der Waals surface area (Å²) in [6.07, 6.45) is -2.36. The molecule has 0 aliphatic heterocycles. The lowest BCUT2D eigenvalue weighted by molar-refractivity contribution is -0.122. The van der Waals surface area contributed by atoms with Crippen LogP contribution in [0.5, 0.6) is 0 Å². The normalized spacial score (nSPS) is 15.1. The maximum absolute atomic E-state index is 10.2. The molecule has 0 fully saturated rings. The minimum Gasteiger partial charge on any atom is -0.391 e. The Kier molecular flexibility index (Phi) is 7.23. The van der Waals surface area contributed by atoms with Gasteiger partial charge in [0.05, 0.1) is 25.9 Å². The first-order valence-electron chi connectivity index (χ1n) is 7.80. The van der Waals surface area contributed by atoms with E-state index in [1.54, 1.807) is 6.92 Å². The van der Waals surface area contributed by atoms with Crippen molar-refractivity contribution in [2.75, 3.05) is 6.61 Å². The summed E-state index contributed by atoms with van der Waals surface area (Å²) in [5, 5.41) is 20.1. The van der Waals surface area contributed by atoms with Gasteiger partial charge < -0.3 is 19.7 Å². The lowest BCUT2D eigenvalue weighted by Crippen LogP contribution is -2.40. The fourth-order valence-electron chi connectivity index (χ4n) is 2.31. The van der Waals surface area contributed by atoms with E-state index in [1.165, 1.54) is 0 Å². The number of hydrogen-bond acceptors (Lipinski definition) is 4. The fourth-order valence-corrected chi connectivity index (χ4v) is 2.31. The highest BCUT2D eigenvalue weighted by Crippen LogP contribution is 2.11. The third-order valence-corrected chi connectivity index (χ3v) is 3.54. The first kappa shape index (κ1) is 17.6. The molecule has 0 saturated carbocycles. The molecule has 2 aromatic carbocycles. The van der Waals surface area contributed by atoms with Gasteiger partial charge >= 0.3 is 0 Å². The molecule has 0 aliphatic rings. The molecule has 4 nitrogen and oxygen atoms in total. The second-order valence-corrected chi connectivity index (χ2v) is 5.57. The van der Waals surface area contributed by atoms with Crippen LogP contribution >= 0.6 is 0 Å². The Morgan fingerprint density at radius 1 is 0.826 bits per heavy atom. The zero-order chi connectivity index (χ0) is 16.5. The number of ether oxygens (including phenoxy) is 2. The maximum atomic E-state index is 10.2. The molecule has 2 aromatic rings. The van der Waals surface area contributed by atoms with Crippen molar-refractivity contribution in [2.45, 2.75) is 38.4 Å². The van der Waals surface area contributed by atoms with Crippen LogP contribution in [0, 0.1) is 0 Å². The molecule has 0 spiro atoms. The van der Waals surface area contributed by atoms with E-state index in [0.717, 1.165) is 11.1 Å². The van der Waals surface area contributed by atoms with Crippen molar-refractivity contribution in [3.8, 4) is 0 Å². The van der Waals surface area contributed by atoms with Crippen LogP contribution in [-0.2, 0) is 22.7 Å². The van der Waals surface area contributed by atoms with E-state index in [1.807, 2.05) is 60.7 Å². The quantitative estimate of drug-likeness (QED) is 0.746. The summed E-state index contributed by atoms with van der Waals surface area (Å²) in [4.78, 5) is 0. The van der Waals surface area contributed by atoms with Gasteiger partial charge in [-0.15, -0.1) is 0 Å². The van der Waals surface area contributed by atoms with E-state index in [0.29, 0.717) is 13.2 Å². The Labute approximate surface area is 137 Å². The Bertz CT molecular complexity index is 542. The molecule has 2 N–H and O–H groups in total. The summed E-state index contributed by atoms with van der Waals surface area (Å²) < 4.78 is 11.2. The van der Waals surface area contributed by atoms with E-state index in [2.05, 4.69) is 0 Å². The van der Waals surface area contributed by atoms with Crippen LogP contribution in [0.4, 0.5) is 0 Å². The summed E-state index contributed by atoms with van der Waals surface area (Å²) in [5.74, 6) is 0. The molecule has 2 rings (SSSR count). The Morgan fingerprint density at radius 3 is 1.87 bits per heavy atom. The van der Waals surface area contributed by atoms with Crippen molar-refractivity contribution in [1.29, 1.82) is 0 Å². The smallest absolute Gasteiger partial charge is 0.112 e.